The molecule has 0 saturated carbocycles. The molecule has 0 N–H and O–H groups in total. The van der Waals surface area contributed by atoms with Crippen LogP contribution in [-0.2, 0) is 0 Å². The van der Waals surface area contributed by atoms with E-state index < -0.39 is 0 Å². The first-order valence-electron chi connectivity index (χ1n) is 8.99. The molecule has 5 heteroatoms. The molecule has 0 radical (unpaired) electrons. The molecule has 0 aliphatic carbocycles. The maximum atomic E-state index is 13.3. The van der Waals surface area contributed by atoms with E-state index in [1.54, 1.807) is 12.1 Å². The van der Waals surface area contributed by atoms with Gasteiger partial charge in [-0.25, -0.2) is 4.98 Å². The fraction of sp³-hybridized carbons (Fsp3) is 0. The summed E-state index contributed by atoms with van der Waals surface area (Å²) >= 11 is 0. The van der Waals surface area contributed by atoms with Crippen molar-refractivity contribution in [1.82, 2.24) is 14.4 Å². The summed E-state index contributed by atoms with van der Waals surface area (Å²) < 4.78 is 7.97. The summed E-state index contributed by atoms with van der Waals surface area (Å²) in [5, 5.41) is 0.924. The summed E-state index contributed by atoms with van der Waals surface area (Å²) in [4.78, 5) is 22.8. The van der Waals surface area contributed by atoms with Crippen LogP contribution in [0.4, 0.5) is 0 Å². The van der Waals surface area contributed by atoms with Crippen molar-refractivity contribution < 1.29 is 4.42 Å². The Morgan fingerprint density at radius 2 is 1.54 bits per heavy atom. The molecule has 3 aromatic heterocycles. The number of hydrogen-bond acceptors (Lipinski definition) is 4. The highest BCUT2D eigenvalue weighted by molar-refractivity contribution is 6.00. The first-order chi connectivity index (χ1) is 13.8. The first-order valence-corrected chi connectivity index (χ1v) is 8.99. The van der Waals surface area contributed by atoms with Gasteiger partial charge in [0.1, 0.15) is 16.8 Å². The van der Waals surface area contributed by atoms with Gasteiger partial charge in [-0.05, 0) is 24.3 Å². The minimum atomic E-state index is -0.121. The van der Waals surface area contributed by atoms with E-state index in [-0.39, 0.29) is 5.43 Å². The van der Waals surface area contributed by atoms with E-state index in [1.807, 2.05) is 71.1 Å². The molecule has 0 saturated heterocycles. The predicted molar refractivity (Wildman–Crippen MR) is 109 cm³/mol. The van der Waals surface area contributed by atoms with Crippen LogP contribution in [0.25, 0.3) is 50.1 Å². The van der Waals surface area contributed by atoms with Crippen LogP contribution in [0.3, 0.4) is 0 Å². The number of hydrogen-bond donors (Lipinski definition) is 0. The molecule has 132 valence electrons. The van der Waals surface area contributed by atoms with Crippen molar-refractivity contribution >= 4 is 38.7 Å². The average Bonchev–Trinajstić information content (AvgIpc) is 3.13. The largest absolute Gasteiger partial charge is 0.437 e. The summed E-state index contributed by atoms with van der Waals surface area (Å²) in [5.74, 6) is 0.690. The number of benzene rings is 3. The van der Waals surface area contributed by atoms with Crippen LogP contribution in [0.15, 0.2) is 88.1 Å². The second kappa shape index (κ2) is 5.50. The second-order valence-corrected chi connectivity index (χ2v) is 6.67. The normalized spacial score (nSPS) is 11.7. The quantitative estimate of drug-likeness (QED) is 0.393. The molecule has 0 amide bonds. The third-order valence-electron chi connectivity index (χ3n) is 5.01. The standard InChI is InChI=1S/C23H13N3O2/c27-20-15-10-4-7-13-18(15)28-23-19(20)22-24-16-11-5-6-12-17(16)26(22)21(25-23)14-8-2-1-3-9-14/h1-13H. The lowest BCUT2D eigenvalue weighted by Gasteiger charge is -2.09. The van der Waals surface area contributed by atoms with E-state index >= 15 is 0 Å². The lowest BCUT2D eigenvalue weighted by atomic mass is 10.1. The Bertz CT molecular complexity index is 1580. The fourth-order valence-electron chi connectivity index (χ4n) is 3.74. The first kappa shape index (κ1) is 15.1. The van der Waals surface area contributed by atoms with Crippen molar-refractivity contribution in [3.05, 3.63) is 89.1 Å². The second-order valence-electron chi connectivity index (χ2n) is 6.67. The van der Waals surface area contributed by atoms with Crippen molar-refractivity contribution in [1.29, 1.82) is 0 Å². The molecular weight excluding hydrogens is 350 g/mol. The van der Waals surface area contributed by atoms with Gasteiger partial charge in [0.2, 0.25) is 11.1 Å². The highest BCUT2D eigenvalue weighted by Gasteiger charge is 2.19. The Morgan fingerprint density at radius 3 is 2.43 bits per heavy atom. The monoisotopic (exact) mass is 363 g/mol. The van der Waals surface area contributed by atoms with Gasteiger partial charge in [-0.15, -0.1) is 0 Å². The van der Waals surface area contributed by atoms with Crippen molar-refractivity contribution in [2.75, 3.05) is 0 Å². The van der Waals surface area contributed by atoms with Gasteiger partial charge in [0.25, 0.3) is 0 Å². The number of fused-ring (bicyclic) bond motifs is 6. The van der Waals surface area contributed by atoms with Crippen LogP contribution in [0.2, 0.25) is 0 Å². The molecule has 0 aliphatic heterocycles. The molecule has 6 aromatic rings. The minimum Gasteiger partial charge on any atom is -0.437 e. The van der Waals surface area contributed by atoms with Gasteiger partial charge in [-0.1, -0.05) is 54.6 Å². The molecule has 28 heavy (non-hydrogen) atoms. The Balaban J connectivity index is 1.92. The van der Waals surface area contributed by atoms with E-state index in [1.165, 1.54) is 0 Å². The number of rotatable bonds is 1. The zero-order valence-electron chi connectivity index (χ0n) is 14.7. The lowest BCUT2D eigenvalue weighted by Crippen LogP contribution is -2.07. The van der Waals surface area contributed by atoms with Gasteiger partial charge >= 0.3 is 0 Å². The van der Waals surface area contributed by atoms with E-state index in [2.05, 4.69) is 0 Å². The summed E-state index contributed by atoms with van der Waals surface area (Å²) in [6, 6.07) is 24.9. The molecule has 0 unspecified atom stereocenters. The molecule has 3 aromatic carbocycles. The molecule has 0 bridgehead atoms. The van der Waals surface area contributed by atoms with Crippen molar-refractivity contribution in [2.45, 2.75) is 0 Å². The highest BCUT2D eigenvalue weighted by Crippen LogP contribution is 2.29. The zero-order valence-corrected chi connectivity index (χ0v) is 14.7. The van der Waals surface area contributed by atoms with E-state index in [9.17, 15) is 4.79 Å². The van der Waals surface area contributed by atoms with Gasteiger partial charge < -0.3 is 4.42 Å². The summed E-state index contributed by atoms with van der Waals surface area (Å²) in [6.45, 7) is 0. The van der Waals surface area contributed by atoms with Gasteiger partial charge in [0.15, 0.2) is 5.65 Å². The van der Waals surface area contributed by atoms with Gasteiger partial charge in [0, 0.05) is 5.56 Å². The molecule has 0 aliphatic rings. The summed E-state index contributed by atoms with van der Waals surface area (Å²) in [5.41, 5.74) is 3.89. The van der Waals surface area contributed by atoms with Gasteiger partial charge in [-0.3, -0.25) is 9.20 Å². The Morgan fingerprint density at radius 1 is 0.786 bits per heavy atom. The Kier molecular flexibility index (Phi) is 2.97. The molecular formula is C23H13N3O2. The molecule has 5 nitrogen and oxygen atoms in total. The topological polar surface area (TPSA) is 60.4 Å². The number of aromatic nitrogens is 3. The molecule has 6 rings (SSSR count). The zero-order chi connectivity index (χ0) is 18.7. The number of nitrogens with zero attached hydrogens (tertiary/aromatic N) is 3. The van der Waals surface area contributed by atoms with Crippen molar-refractivity contribution in [2.24, 2.45) is 0 Å². The van der Waals surface area contributed by atoms with Crippen molar-refractivity contribution in [3.63, 3.8) is 0 Å². The van der Waals surface area contributed by atoms with Crippen LogP contribution in [0, 0.1) is 0 Å². The average molecular weight is 363 g/mol. The third kappa shape index (κ3) is 1.98. The minimum absolute atomic E-state index is 0.121. The maximum Gasteiger partial charge on any atom is 0.236 e. The lowest BCUT2D eigenvalue weighted by molar-refractivity contribution is 0.644. The van der Waals surface area contributed by atoms with Crippen LogP contribution in [0.1, 0.15) is 0 Å². The highest BCUT2D eigenvalue weighted by atomic mass is 16.3. The van der Waals surface area contributed by atoms with E-state index in [4.69, 9.17) is 14.4 Å². The summed E-state index contributed by atoms with van der Waals surface area (Å²) in [7, 11) is 0. The van der Waals surface area contributed by atoms with Crippen molar-refractivity contribution in [3.8, 4) is 11.4 Å². The van der Waals surface area contributed by atoms with Crippen LogP contribution < -0.4 is 5.43 Å². The maximum absolute atomic E-state index is 13.3. The smallest absolute Gasteiger partial charge is 0.236 e. The third-order valence-corrected chi connectivity index (χ3v) is 5.01. The predicted octanol–water partition coefficient (Wildman–Crippen LogP) is 4.81. The molecule has 0 spiro atoms. The van der Waals surface area contributed by atoms with Crippen LogP contribution in [0.5, 0.6) is 0 Å². The summed E-state index contributed by atoms with van der Waals surface area (Å²) in [6.07, 6.45) is 0. The molecule has 3 heterocycles. The number of para-hydroxylation sites is 3. The van der Waals surface area contributed by atoms with Crippen LogP contribution in [-0.4, -0.2) is 14.4 Å². The number of imidazole rings is 1. The SMILES string of the molecule is O=c1c2ccccc2oc2nc(-c3ccccc3)n3c4ccccc4nc3c12. The van der Waals surface area contributed by atoms with Gasteiger partial charge in [-0.2, -0.15) is 4.98 Å². The van der Waals surface area contributed by atoms with E-state index in [0.29, 0.717) is 33.5 Å². The molecule has 0 atom stereocenters. The fourth-order valence-corrected chi connectivity index (χ4v) is 3.74. The van der Waals surface area contributed by atoms with E-state index in [0.717, 1.165) is 16.6 Å². The van der Waals surface area contributed by atoms with Crippen LogP contribution >= 0.6 is 0 Å². The Labute approximate surface area is 158 Å². The Hall–Kier alpha value is -3.99. The molecule has 0 fully saturated rings. The van der Waals surface area contributed by atoms with Gasteiger partial charge in [0.05, 0.1) is 16.4 Å².